The lowest BCUT2D eigenvalue weighted by Gasteiger charge is -2.08. The molecule has 6 heteroatoms. The lowest BCUT2D eigenvalue weighted by molar-refractivity contribution is -0.110. The van der Waals surface area contributed by atoms with Gasteiger partial charge in [0.1, 0.15) is 12.0 Å². The first kappa shape index (κ1) is 13.7. The highest BCUT2D eigenvalue weighted by molar-refractivity contribution is 7.89. The maximum atomic E-state index is 11.8. The van der Waals surface area contributed by atoms with Crippen LogP contribution in [0, 0.1) is 5.92 Å². The molecule has 0 aliphatic carbocycles. The molecular weight excluding hydrogens is 242 g/mol. The molecule has 0 aromatic heterocycles. The van der Waals surface area contributed by atoms with E-state index < -0.39 is 10.0 Å². The van der Waals surface area contributed by atoms with Crippen LogP contribution in [0.3, 0.4) is 0 Å². The van der Waals surface area contributed by atoms with E-state index in [2.05, 4.69) is 4.72 Å². The number of hydrogen-bond donors (Lipinski definition) is 1. The van der Waals surface area contributed by atoms with E-state index in [4.69, 9.17) is 4.74 Å². The Kier molecular flexibility index (Phi) is 4.65. The molecule has 0 saturated carbocycles. The molecule has 1 atom stereocenters. The number of carbonyl (C=O) groups is 1. The molecule has 1 rings (SSSR count). The molecule has 0 radical (unpaired) electrons. The maximum Gasteiger partial charge on any atom is 0.240 e. The van der Waals surface area contributed by atoms with Crippen molar-refractivity contribution in [1.29, 1.82) is 0 Å². The van der Waals surface area contributed by atoms with E-state index in [1.54, 1.807) is 19.1 Å². The third-order valence-electron chi connectivity index (χ3n) is 2.20. The molecular formula is C11H15NO4S. The van der Waals surface area contributed by atoms with Gasteiger partial charge in [-0.05, 0) is 24.3 Å². The molecule has 5 nitrogen and oxygen atoms in total. The molecule has 94 valence electrons. The van der Waals surface area contributed by atoms with E-state index in [0.29, 0.717) is 12.0 Å². The molecule has 0 bridgehead atoms. The Labute approximate surface area is 101 Å². The van der Waals surface area contributed by atoms with Gasteiger partial charge in [0.05, 0.1) is 12.0 Å². The quantitative estimate of drug-likeness (QED) is 0.765. The SMILES string of the molecule is COc1ccc(S(=O)(=O)NC[C@H](C)C=O)cc1. The summed E-state index contributed by atoms with van der Waals surface area (Å²) >= 11 is 0. The fourth-order valence-corrected chi connectivity index (χ4v) is 2.27. The van der Waals surface area contributed by atoms with Gasteiger partial charge in [0.15, 0.2) is 0 Å². The molecule has 0 amide bonds. The van der Waals surface area contributed by atoms with Gasteiger partial charge in [0.25, 0.3) is 0 Å². The Morgan fingerprint density at radius 1 is 1.35 bits per heavy atom. The van der Waals surface area contributed by atoms with Gasteiger partial charge in [-0.1, -0.05) is 6.92 Å². The summed E-state index contributed by atoms with van der Waals surface area (Å²) in [7, 11) is -2.05. The summed E-state index contributed by atoms with van der Waals surface area (Å²) in [6, 6.07) is 6.04. The highest BCUT2D eigenvalue weighted by atomic mass is 32.2. The number of benzene rings is 1. The number of ether oxygens (including phenoxy) is 1. The van der Waals surface area contributed by atoms with Gasteiger partial charge in [-0.3, -0.25) is 0 Å². The van der Waals surface area contributed by atoms with Crippen molar-refractivity contribution in [2.45, 2.75) is 11.8 Å². The van der Waals surface area contributed by atoms with Crippen LogP contribution in [0.5, 0.6) is 5.75 Å². The fraction of sp³-hybridized carbons (Fsp3) is 0.364. The molecule has 0 unspecified atom stereocenters. The predicted octanol–water partition coefficient (Wildman–Crippen LogP) is 0.808. The first-order chi connectivity index (χ1) is 7.99. The van der Waals surface area contributed by atoms with E-state index in [1.807, 2.05) is 0 Å². The summed E-state index contributed by atoms with van der Waals surface area (Å²) < 4.78 is 30.9. The molecule has 0 aliphatic rings. The molecule has 1 aromatic rings. The number of methoxy groups -OCH3 is 1. The smallest absolute Gasteiger partial charge is 0.240 e. The maximum absolute atomic E-state index is 11.8. The minimum absolute atomic E-state index is 0.0951. The van der Waals surface area contributed by atoms with Crippen LogP contribution in [0.4, 0.5) is 0 Å². The molecule has 0 aliphatic heterocycles. The minimum atomic E-state index is -3.55. The van der Waals surface area contributed by atoms with Crippen molar-refractivity contribution < 1.29 is 17.9 Å². The van der Waals surface area contributed by atoms with Crippen molar-refractivity contribution in [2.75, 3.05) is 13.7 Å². The Bertz CT molecular complexity index is 467. The van der Waals surface area contributed by atoms with Gasteiger partial charge in [-0.25, -0.2) is 13.1 Å². The average Bonchev–Trinajstić information content (AvgIpc) is 2.36. The van der Waals surface area contributed by atoms with Crippen LogP contribution in [0.15, 0.2) is 29.2 Å². The third kappa shape index (κ3) is 3.83. The lowest BCUT2D eigenvalue weighted by Crippen LogP contribution is -2.28. The second-order valence-electron chi connectivity index (χ2n) is 3.64. The summed E-state index contributed by atoms with van der Waals surface area (Å²) in [5.74, 6) is 0.244. The summed E-state index contributed by atoms with van der Waals surface area (Å²) in [6.07, 6.45) is 0.705. The van der Waals surface area contributed by atoms with E-state index in [0.717, 1.165) is 0 Å². The zero-order valence-corrected chi connectivity index (χ0v) is 10.5. The highest BCUT2D eigenvalue weighted by Crippen LogP contribution is 2.15. The van der Waals surface area contributed by atoms with Crippen LogP contribution >= 0.6 is 0 Å². The van der Waals surface area contributed by atoms with Crippen LogP contribution in [-0.2, 0) is 14.8 Å². The van der Waals surface area contributed by atoms with Crippen molar-refractivity contribution in [3.8, 4) is 5.75 Å². The van der Waals surface area contributed by atoms with Crippen LogP contribution in [0.1, 0.15) is 6.92 Å². The molecule has 0 heterocycles. The number of carbonyl (C=O) groups excluding carboxylic acids is 1. The Morgan fingerprint density at radius 3 is 2.41 bits per heavy atom. The van der Waals surface area contributed by atoms with Crippen molar-refractivity contribution in [1.82, 2.24) is 4.72 Å². The topological polar surface area (TPSA) is 72.5 Å². The van der Waals surface area contributed by atoms with Crippen LogP contribution in [0.2, 0.25) is 0 Å². The first-order valence-electron chi connectivity index (χ1n) is 5.08. The second-order valence-corrected chi connectivity index (χ2v) is 5.41. The van der Waals surface area contributed by atoms with E-state index in [9.17, 15) is 13.2 Å². The Balaban J connectivity index is 2.78. The van der Waals surface area contributed by atoms with Crippen molar-refractivity contribution >= 4 is 16.3 Å². The summed E-state index contributed by atoms with van der Waals surface area (Å²) in [5.41, 5.74) is 0. The van der Waals surface area contributed by atoms with Crippen molar-refractivity contribution in [2.24, 2.45) is 5.92 Å². The first-order valence-corrected chi connectivity index (χ1v) is 6.57. The van der Waals surface area contributed by atoms with Gasteiger partial charge >= 0.3 is 0 Å². The Morgan fingerprint density at radius 2 is 1.94 bits per heavy atom. The van der Waals surface area contributed by atoms with Gasteiger partial charge in [0.2, 0.25) is 10.0 Å². The van der Waals surface area contributed by atoms with Gasteiger partial charge in [-0.2, -0.15) is 0 Å². The summed E-state index contributed by atoms with van der Waals surface area (Å²) in [4.78, 5) is 10.5. The van der Waals surface area contributed by atoms with Gasteiger partial charge < -0.3 is 9.53 Å². The molecule has 1 aromatic carbocycles. The fourth-order valence-electron chi connectivity index (χ4n) is 1.13. The normalized spacial score (nSPS) is 13.1. The zero-order valence-electron chi connectivity index (χ0n) is 9.71. The minimum Gasteiger partial charge on any atom is -0.497 e. The van der Waals surface area contributed by atoms with Crippen LogP contribution in [-0.4, -0.2) is 28.4 Å². The molecule has 0 fully saturated rings. The second kappa shape index (κ2) is 5.79. The van der Waals surface area contributed by atoms with Crippen LogP contribution < -0.4 is 9.46 Å². The summed E-state index contributed by atoms with van der Waals surface area (Å²) in [5, 5.41) is 0. The number of hydrogen-bond acceptors (Lipinski definition) is 4. The average molecular weight is 257 g/mol. The number of sulfonamides is 1. The van der Waals surface area contributed by atoms with E-state index in [1.165, 1.54) is 19.2 Å². The van der Waals surface area contributed by atoms with Crippen LogP contribution in [0.25, 0.3) is 0 Å². The standard InChI is InChI=1S/C11H15NO4S/c1-9(8-13)7-12-17(14,15)11-5-3-10(16-2)4-6-11/h3-6,8-9,12H,7H2,1-2H3/t9-/m0/s1. The lowest BCUT2D eigenvalue weighted by atomic mass is 10.2. The largest absolute Gasteiger partial charge is 0.497 e. The summed E-state index contributed by atoms with van der Waals surface area (Å²) in [6.45, 7) is 1.74. The van der Waals surface area contributed by atoms with E-state index >= 15 is 0 Å². The third-order valence-corrected chi connectivity index (χ3v) is 3.64. The van der Waals surface area contributed by atoms with Crippen molar-refractivity contribution in [3.05, 3.63) is 24.3 Å². The monoisotopic (exact) mass is 257 g/mol. The number of aldehydes is 1. The predicted molar refractivity (Wildman–Crippen MR) is 63.4 cm³/mol. The number of nitrogens with one attached hydrogen (secondary N) is 1. The Hall–Kier alpha value is -1.40. The van der Waals surface area contributed by atoms with Gasteiger partial charge in [0, 0.05) is 12.5 Å². The molecule has 0 saturated heterocycles. The zero-order chi connectivity index (χ0) is 12.9. The molecule has 0 spiro atoms. The highest BCUT2D eigenvalue weighted by Gasteiger charge is 2.14. The number of rotatable bonds is 6. The molecule has 17 heavy (non-hydrogen) atoms. The van der Waals surface area contributed by atoms with Crippen molar-refractivity contribution in [3.63, 3.8) is 0 Å². The van der Waals surface area contributed by atoms with E-state index in [-0.39, 0.29) is 17.4 Å². The van der Waals surface area contributed by atoms with Gasteiger partial charge in [-0.15, -0.1) is 0 Å². The molecule has 1 N–H and O–H groups in total.